The minimum absolute atomic E-state index is 0. The van der Waals surface area contributed by atoms with Gasteiger partial charge in [0.2, 0.25) is 0 Å². The van der Waals surface area contributed by atoms with Gasteiger partial charge in [-0.05, 0) is 30.7 Å². The molecule has 4 nitrogen and oxygen atoms in total. The van der Waals surface area contributed by atoms with E-state index in [2.05, 4.69) is 0 Å². The third-order valence-corrected chi connectivity index (χ3v) is 5.66. The van der Waals surface area contributed by atoms with E-state index < -0.39 is 21.1 Å². The smallest absolute Gasteiger partial charge is 0.325 e. The third kappa shape index (κ3) is 3.30. The van der Waals surface area contributed by atoms with Crippen molar-refractivity contribution < 1.29 is 17.9 Å². The van der Waals surface area contributed by atoms with Crippen molar-refractivity contribution in [1.82, 2.24) is 0 Å². The van der Waals surface area contributed by atoms with E-state index in [1.807, 2.05) is 6.92 Å². The summed E-state index contributed by atoms with van der Waals surface area (Å²) in [6.07, 6.45) is 1.47. The zero-order valence-electron chi connectivity index (χ0n) is 11.0. The van der Waals surface area contributed by atoms with Crippen LogP contribution in [0.4, 0.5) is 0 Å². The zero-order valence-corrected chi connectivity index (χ0v) is 13.6. The normalized spacial score (nSPS) is 22.2. The maximum absolute atomic E-state index is 12.5. The maximum atomic E-state index is 12.5. The molecule has 1 unspecified atom stereocenters. The van der Waals surface area contributed by atoms with E-state index in [4.69, 9.17) is 16.3 Å². The van der Waals surface area contributed by atoms with E-state index >= 15 is 0 Å². The highest BCUT2D eigenvalue weighted by Gasteiger charge is 2.46. The van der Waals surface area contributed by atoms with E-state index in [1.54, 1.807) is 0 Å². The van der Waals surface area contributed by atoms with Crippen molar-refractivity contribution in [1.29, 1.82) is 0 Å². The van der Waals surface area contributed by atoms with Crippen molar-refractivity contribution in [3.8, 4) is 0 Å². The molecule has 0 spiro atoms. The lowest BCUT2D eigenvalue weighted by Crippen LogP contribution is -2.32. The van der Waals surface area contributed by atoms with Gasteiger partial charge in [-0.2, -0.15) is 13.5 Å². The van der Waals surface area contributed by atoms with E-state index in [0.29, 0.717) is 11.4 Å². The molecule has 0 bridgehead atoms. The summed E-state index contributed by atoms with van der Waals surface area (Å²) in [4.78, 5) is 11.8. The van der Waals surface area contributed by atoms with Crippen LogP contribution in [0.5, 0.6) is 0 Å². The molecule has 1 heterocycles. The molecule has 112 valence electrons. The summed E-state index contributed by atoms with van der Waals surface area (Å²) in [6.45, 7) is 2.14. The average Bonchev–Trinajstić information content (AvgIpc) is 2.72. The van der Waals surface area contributed by atoms with Crippen LogP contribution in [0.3, 0.4) is 0 Å². The highest BCUT2D eigenvalue weighted by molar-refractivity contribution is 7.92. The number of benzene rings is 1. The fourth-order valence-electron chi connectivity index (χ4n) is 2.31. The van der Waals surface area contributed by atoms with Gasteiger partial charge in [-0.15, -0.1) is 0 Å². The van der Waals surface area contributed by atoms with Gasteiger partial charge in [0.05, 0.1) is 11.5 Å². The van der Waals surface area contributed by atoms with Gasteiger partial charge in [0, 0.05) is 10.9 Å². The fraction of sp³-hybridized carbons (Fsp3) is 0.462. The number of ether oxygens (including phenoxy) is 1. The van der Waals surface area contributed by atoms with Crippen molar-refractivity contribution in [2.75, 3.05) is 6.61 Å². The van der Waals surface area contributed by atoms with Crippen LogP contribution in [0, 0.1) is 5.92 Å². The van der Waals surface area contributed by atoms with Gasteiger partial charge in [0.1, 0.15) is 0 Å². The van der Waals surface area contributed by atoms with Crippen LogP contribution in [0.1, 0.15) is 19.8 Å². The Kier molecular flexibility index (Phi) is 5.91. The molecule has 2 atom stereocenters. The second-order valence-electron chi connectivity index (χ2n) is 4.60. The van der Waals surface area contributed by atoms with Gasteiger partial charge >= 0.3 is 5.97 Å². The molecule has 20 heavy (non-hydrogen) atoms. The van der Waals surface area contributed by atoms with Crippen LogP contribution in [-0.2, 0) is 19.4 Å². The average molecular weight is 337 g/mol. The minimum atomic E-state index is -3.71. The first kappa shape index (κ1) is 17.3. The predicted molar refractivity (Wildman–Crippen MR) is 82.2 cm³/mol. The molecule has 7 heteroatoms. The number of hydrogen-bond donors (Lipinski definition) is 0. The number of hydrogen-bond acceptors (Lipinski definition) is 4. The molecule has 0 aliphatic carbocycles. The van der Waals surface area contributed by atoms with E-state index in [1.165, 1.54) is 24.3 Å². The number of sulfone groups is 1. The molecule has 1 saturated heterocycles. The van der Waals surface area contributed by atoms with E-state index in [0.717, 1.165) is 6.42 Å². The van der Waals surface area contributed by atoms with Gasteiger partial charge in [-0.1, -0.05) is 24.9 Å². The van der Waals surface area contributed by atoms with Crippen LogP contribution in [0.2, 0.25) is 5.02 Å². The van der Waals surface area contributed by atoms with Crippen LogP contribution in [0.25, 0.3) is 0 Å². The molecule has 1 aliphatic heterocycles. The Labute approximate surface area is 130 Å². The molecule has 0 N–H and O–H groups in total. The summed E-state index contributed by atoms with van der Waals surface area (Å²) in [5.74, 6) is -0.911. The Bertz CT molecular complexity index is 569. The van der Waals surface area contributed by atoms with Gasteiger partial charge in [-0.25, -0.2) is 8.42 Å². The lowest BCUT2D eigenvalue weighted by Gasteiger charge is -2.15. The summed E-state index contributed by atoms with van der Waals surface area (Å²) in [6, 6.07) is 5.85. The fourth-order valence-corrected chi connectivity index (χ4v) is 4.28. The lowest BCUT2D eigenvalue weighted by atomic mass is 10.0. The van der Waals surface area contributed by atoms with Crippen molar-refractivity contribution in [3.63, 3.8) is 0 Å². The number of carbonyl (C=O) groups is 1. The second kappa shape index (κ2) is 6.83. The summed E-state index contributed by atoms with van der Waals surface area (Å²) in [5.41, 5.74) is 0. The third-order valence-electron chi connectivity index (χ3n) is 3.24. The van der Waals surface area contributed by atoms with Crippen molar-refractivity contribution in [3.05, 3.63) is 29.3 Å². The summed E-state index contributed by atoms with van der Waals surface area (Å²) in [7, 11) is -3.71. The molecular weight excluding hydrogens is 320 g/mol. The summed E-state index contributed by atoms with van der Waals surface area (Å²) < 4.78 is 29.9. The van der Waals surface area contributed by atoms with Gasteiger partial charge < -0.3 is 4.74 Å². The Balaban J connectivity index is 0.00000200. The number of halogens is 1. The summed E-state index contributed by atoms with van der Waals surface area (Å²) >= 11 is 5.74. The molecular formula is C13H17ClO4S2. The highest BCUT2D eigenvalue weighted by Crippen LogP contribution is 2.31. The van der Waals surface area contributed by atoms with Crippen molar-refractivity contribution in [2.45, 2.75) is 29.9 Å². The Morgan fingerprint density at radius 2 is 1.90 bits per heavy atom. The Morgan fingerprint density at radius 3 is 2.45 bits per heavy atom. The number of carbonyl (C=O) groups excluding carboxylic acids is 1. The quantitative estimate of drug-likeness (QED) is 0.793. The molecule has 1 fully saturated rings. The first-order valence-corrected chi connectivity index (χ1v) is 8.05. The predicted octanol–water partition coefficient (Wildman–Crippen LogP) is 2.57. The number of cyclic esters (lactones) is 1. The van der Waals surface area contributed by atoms with Gasteiger partial charge in [0.15, 0.2) is 15.1 Å². The molecule has 0 saturated carbocycles. The molecule has 1 aliphatic rings. The monoisotopic (exact) mass is 336 g/mol. The van der Waals surface area contributed by atoms with Crippen molar-refractivity contribution >= 4 is 40.9 Å². The lowest BCUT2D eigenvalue weighted by molar-refractivity contribution is -0.137. The summed E-state index contributed by atoms with van der Waals surface area (Å²) in [5, 5.41) is -0.633. The Hall–Kier alpha value is -0.720. The maximum Gasteiger partial charge on any atom is 0.325 e. The molecule has 2 rings (SSSR count). The minimum Gasteiger partial charge on any atom is -0.464 e. The molecule has 0 aromatic heterocycles. The van der Waals surface area contributed by atoms with Gasteiger partial charge in [-0.3, -0.25) is 4.79 Å². The molecule has 0 amide bonds. The first-order chi connectivity index (χ1) is 8.96. The van der Waals surface area contributed by atoms with E-state index in [9.17, 15) is 13.2 Å². The van der Waals surface area contributed by atoms with Gasteiger partial charge in [0.25, 0.3) is 0 Å². The molecule has 1 aromatic carbocycles. The topological polar surface area (TPSA) is 60.4 Å². The number of rotatable bonds is 4. The highest BCUT2D eigenvalue weighted by atomic mass is 35.5. The van der Waals surface area contributed by atoms with E-state index in [-0.39, 0.29) is 30.9 Å². The Morgan fingerprint density at radius 1 is 1.30 bits per heavy atom. The van der Waals surface area contributed by atoms with Crippen LogP contribution in [-0.4, -0.2) is 26.2 Å². The SMILES string of the molecule is CCC[C@H]1COC(=O)C1S(=O)(=O)c1ccc(Cl)cc1.S. The van der Waals surface area contributed by atoms with Crippen molar-refractivity contribution in [2.24, 2.45) is 5.92 Å². The largest absolute Gasteiger partial charge is 0.464 e. The van der Waals surface area contributed by atoms with Crippen LogP contribution < -0.4 is 0 Å². The molecule has 0 radical (unpaired) electrons. The first-order valence-electron chi connectivity index (χ1n) is 6.13. The molecule has 1 aromatic rings. The van der Waals surface area contributed by atoms with Crippen LogP contribution in [0.15, 0.2) is 29.2 Å². The second-order valence-corrected chi connectivity index (χ2v) is 7.10. The zero-order chi connectivity index (χ0) is 14.0. The number of esters is 1. The standard InChI is InChI=1S/C13H15ClO4S.H2S/c1-2-3-9-8-18-13(15)12(9)19(16,17)11-6-4-10(14)5-7-11;/h4-7,9,12H,2-3,8H2,1H3;1H2/t9-,12?;/m0./s1. The van der Waals surface area contributed by atoms with Crippen LogP contribution >= 0.6 is 25.1 Å².